The summed E-state index contributed by atoms with van der Waals surface area (Å²) in [5, 5.41) is 3.08. The van der Waals surface area contributed by atoms with Crippen molar-refractivity contribution >= 4 is 5.91 Å². The molecule has 0 radical (unpaired) electrons. The largest absolute Gasteiger partial charge is 0.349 e. The molecule has 0 saturated heterocycles. The Kier molecular flexibility index (Phi) is 4.18. The van der Waals surface area contributed by atoms with E-state index < -0.39 is 0 Å². The standard InChI is InChI=1S/C14H20N2O2/c1-10-5-3-2-4-6-12(10)16-14(18)11-7-8-13(17)15-9-11/h7-10,12H,2-6H2,1H3,(H,15,17)(H,16,18). The SMILES string of the molecule is CC1CCCCCC1NC(=O)c1ccc(=O)[nH]c1. The van der Waals surface area contributed by atoms with E-state index in [9.17, 15) is 9.59 Å². The number of rotatable bonds is 2. The van der Waals surface area contributed by atoms with Crippen molar-refractivity contribution < 1.29 is 4.79 Å². The van der Waals surface area contributed by atoms with E-state index in [-0.39, 0.29) is 17.5 Å². The summed E-state index contributed by atoms with van der Waals surface area (Å²) in [6.07, 6.45) is 7.40. The molecule has 1 aromatic rings. The summed E-state index contributed by atoms with van der Waals surface area (Å²) < 4.78 is 0. The minimum Gasteiger partial charge on any atom is -0.349 e. The third kappa shape index (κ3) is 3.22. The van der Waals surface area contributed by atoms with Crippen LogP contribution in [0.15, 0.2) is 23.1 Å². The number of nitrogens with one attached hydrogen (secondary N) is 2. The molecule has 4 nitrogen and oxygen atoms in total. The van der Waals surface area contributed by atoms with Gasteiger partial charge in [-0.3, -0.25) is 9.59 Å². The molecule has 2 unspecified atom stereocenters. The lowest BCUT2D eigenvalue weighted by atomic mass is 9.97. The van der Waals surface area contributed by atoms with Gasteiger partial charge in [-0.15, -0.1) is 0 Å². The van der Waals surface area contributed by atoms with E-state index in [1.165, 1.54) is 37.9 Å². The van der Waals surface area contributed by atoms with Crippen molar-refractivity contribution in [1.29, 1.82) is 0 Å². The summed E-state index contributed by atoms with van der Waals surface area (Å²) in [5.41, 5.74) is 0.334. The number of aromatic amines is 1. The number of aromatic nitrogens is 1. The van der Waals surface area contributed by atoms with Crippen LogP contribution in [0.4, 0.5) is 0 Å². The van der Waals surface area contributed by atoms with Gasteiger partial charge in [-0.1, -0.05) is 26.2 Å². The molecule has 1 aliphatic carbocycles. The van der Waals surface area contributed by atoms with E-state index in [2.05, 4.69) is 17.2 Å². The summed E-state index contributed by atoms with van der Waals surface area (Å²) in [5.74, 6) is 0.434. The van der Waals surface area contributed by atoms with Crippen LogP contribution in [-0.4, -0.2) is 16.9 Å². The Balaban J connectivity index is 2.01. The van der Waals surface area contributed by atoms with Crippen LogP contribution in [0.25, 0.3) is 0 Å². The first-order chi connectivity index (χ1) is 8.66. The normalized spacial score (nSPS) is 24.3. The fourth-order valence-electron chi connectivity index (χ4n) is 2.51. The molecular formula is C14H20N2O2. The van der Waals surface area contributed by atoms with E-state index in [1.807, 2.05) is 0 Å². The van der Waals surface area contributed by atoms with Crippen LogP contribution in [0.5, 0.6) is 0 Å². The number of pyridine rings is 1. The lowest BCUT2D eigenvalue weighted by Crippen LogP contribution is -2.39. The highest BCUT2D eigenvalue weighted by atomic mass is 16.2. The lowest BCUT2D eigenvalue weighted by Gasteiger charge is -2.22. The molecule has 1 saturated carbocycles. The van der Waals surface area contributed by atoms with E-state index >= 15 is 0 Å². The zero-order chi connectivity index (χ0) is 13.0. The van der Waals surface area contributed by atoms with Crippen molar-refractivity contribution in [2.45, 2.75) is 45.1 Å². The van der Waals surface area contributed by atoms with Gasteiger partial charge < -0.3 is 10.3 Å². The predicted molar refractivity (Wildman–Crippen MR) is 70.6 cm³/mol. The Morgan fingerprint density at radius 3 is 2.78 bits per heavy atom. The van der Waals surface area contributed by atoms with E-state index in [4.69, 9.17) is 0 Å². The molecular weight excluding hydrogens is 228 g/mol. The first-order valence-electron chi connectivity index (χ1n) is 6.66. The van der Waals surface area contributed by atoms with E-state index in [0.29, 0.717) is 11.5 Å². The average Bonchev–Trinajstić information content (AvgIpc) is 2.56. The van der Waals surface area contributed by atoms with Gasteiger partial charge >= 0.3 is 0 Å². The van der Waals surface area contributed by atoms with Crippen LogP contribution in [0.1, 0.15) is 49.4 Å². The second-order valence-corrected chi connectivity index (χ2v) is 5.14. The summed E-state index contributed by atoms with van der Waals surface area (Å²) in [7, 11) is 0. The molecule has 1 heterocycles. The fourth-order valence-corrected chi connectivity index (χ4v) is 2.51. The molecule has 2 N–H and O–H groups in total. The van der Waals surface area contributed by atoms with Gasteiger partial charge in [-0.25, -0.2) is 0 Å². The van der Waals surface area contributed by atoms with Crippen LogP contribution < -0.4 is 10.9 Å². The van der Waals surface area contributed by atoms with Crippen LogP contribution in [0.2, 0.25) is 0 Å². The number of amides is 1. The van der Waals surface area contributed by atoms with E-state index in [0.717, 1.165) is 6.42 Å². The second-order valence-electron chi connectivity index (χ2n) is 5.14. The molecule has 0 aromatic carbocycles. The highest BCUT2D eigenvalue weighted by molar-refractivity contribution is 5.94. The summed E-state index contributed by atoms with van der Waals surface area (Å²) in [4.78, 5) is 25.5. The highest BCUT2D eigenvalue weighted by Crippen LogP contribution is 2.23. The van der Waals surface area contributed by atoms with Crippen molar-refractivity contribution in [2.24, 2.45) is 5.92 Å². The topological polar surface area (TPSA) is 62.0 Å². The molecule has 0 bridgehead atoms. The number of hydrogen-bond donors (Lipinski definition) is 2. The monoisotopic (exact) mass is 248 g/mol. The molecule has 2 atom stereocenters. The first-order valence-corrected chi connectivity index (χ1v) is 6.66. The molecule has 2 rings (SSSR count). The van der Waals surface area contributed by atoms with Gasteiger partial charge in [0, 0.05) is 18.3 Å². The zero-order valence-electron chi connectivity index (χ0n) is 10.7. The van der Waals surface area contributed by atoms with Crippen LogP contribution in [0, 0.1) is 5.92 Å². The molecule has 4 heteroatoms. The van der Waals surface area contributed by atoms with Crippen molar-refractivity contribution in [1.82, 2.24) is 10.3 Å². The lowest BCUT2D eigenvalue weighted by molar-refractivity contribution is 0.0921. The maximum Gasteiger partial charge on any atom is 0.252 e. The Bertz CT molecular complexity index is 447. The maximum absolute atomic E-state index is 12.0. The number of H-pyrrole nitrogens is 1. The van der Waals surface area contributed by atoms with Crippen molar-refractivity contribution in [3.8, 4) is 0 Å². The van der Waals surface area contributed by atoms with Gasteiger partial charge in [-0.05, 0) is 24.8 Å². The fraction of sp³-hybridized carbons (Fsp3) is 0.571. The van der Waals surface area contributed by atoms with Crippen molar-refractivity contribution in [3.05, 3.63) is 34.2 Å². The molecule has 18 heavy (non-hydrogen) atoms. The Labute approximate surface area is 107 Å². The molecule has 1 aliphatic rings. The average molecular weight is 248 g/mol. The quantitative estimate of drug-likeness (QED) is 0.787. The minimum atomic E-state index is -0.186. The summed E-state index contributed by atoms with van der Waals surface area (Å²) >= 11 is 0. The van der Waals surface area contributed by atoms with Gasteiger partial charge in [-0.2, -0.15) is 0 Å². The number of carbonyl (C=O) groups excluding carboxylic acids is 1. The predicted octanol–water partition coefficient (Wildman–Crippen LogP) is 2.07. The van der Waals surface area contributed by atoms with Gasteiger partial charge in [0.05, 0.1) is 5.56 Å². The molecule has 1 aromatic heterocycles. The van der Waals surface area contributed by atoms with Crippen LogP contribution in [0.3, 0.4) is 0 Å². The molecule has 0 aliphatic heterocycles. The number of hydrogen-bond acceptors (Lipinski definition) is 2. The molecule has 1 amide bonds. The van der Waals surface area contributed by atoms with Gasteiger partial charge in [0.1, 0.15) is 0 Å². The summed E-state index contributed by atoms with van der Waals surface area (Å²) in [6, 6.07) is 3.20. The van der Waals surface area contributed by atoms with Gasteiger partial charge in [0.2, 0.25) is 5.56 Å². The zero-order valence-corrected chi connectivity index (χ0v) is 10.7. The second kappa shape index (κ2) is 5.85. The van der Waals surface area contributed by atoms with Crippen LogP contribution >= 0.6 is 0 Å². The smallest absolute Gasteiger partial charge is 0.252 e. The van der Waals surface area contributed by atoms with Crippen molar-refractivity contribution in [2.75, 3.05) is 0 Å². The molecule has 98 valence electrons. The Hall–Kier alpha value is -1.58. The Morgan fingerprint density at radius 2 is 2.06 bits per heavy atom. The minimum absolute atomic E-state index is 0.0926. The van der Waals surface area contributed by atoms with Crippen LogP contribution in [-0.2, 0) is 0 Å². The molecule has 0 spiro atoms. The van der Waals surface area contributed by atoms with Crippen molar-refractivity contribution in [3.63, 3.8) is 0 Å². The van der Waals surface area contributed by atoms with Gasteiger partial charge in [0.15, 0.2) is 0 Å². The first kappa shape index (κ1) is 12.9. The van der Waals surface area contributed by atoms with E-state index in [1.54, 1.807) is 6.07 Å². The third-order valence-electron chi connectivity index (χ3n) is 3.72. The maximum atomic E-state index is 12.0. The number of carbonyl (C=O) groups is 1. The molecule has 1 fully saturated rings. The summed E-state index contributed by atoms with van der Waals surface area (Å²) in [6.45, 7) is 2.20. The highest BCUT2D eigenvalue weighted by Gasteiger charge is 2.21. The Morgan fingerprint density at radius 1 is 1.28 bits per heavy atom. The van der Waals surface area contributed by atoms with Gasteiger partial charge in [0.25, 0.3) is 5.91 Å². The third-order valence-corrected chi connectivity index (χ3v) is 3.72.